The molecule has 4 rings (SSSR count). The Balaban J connectivity index is 1.65. The summed E-state index contributed by atoms with van der Waals surface area (Å²) in [6.07, 6.45) is 4.14. The molecule has 1 amide bonds. The van der Waals surface area contributed by atoms with Gasteiger partial charge in [0.1, 0.15) is 17.4 Å². The van der Waals surface area contributed by atoms with Crippen molar-refractivity contribution in [3.05, 3.63) is 58.1 Å². The first-order valence-electron chi connectivity index (χ1n) is 10.6. The molecule has 0 unspecified atom stereocenters. The lowest BCUT2D eigenvalue weighted by atomic mass is 9.85. The Hall–Kier alpha value is -2.77. The number of aryl methyl sites for hydroxylation is 2. The molecule has 166 valence electrons. The van der Waals surface area contributed by atoms with Crippen LogP contribution >= 0.6 is 22.9 Å². The van der Waals surface area contributed by atoms with Gasteiger partial charge < -0.3 is 4.74 Å². The summed E-state index contributed by atoms with van der Waals surface area (Å²) in [5.41, 5.74) is 3.19. The van der Waals surface area contributed by atoms with Gasteiger partial charge in [-0.05, 0) is 68.0 Å². The molecule has 0 radical (unpaired) electrons. The Morgan fingerprint density at radius 2 is 1.94 bits per heavy atom. The SMILES string of the molecule is Cc1cc(-c2nnc(N(CC3CCC3)C(=O)c3ccccc3Cl)s2)cc(C)c1OCC=O. The van der Waals surface area contributed by atoms with Crippen molar-refractivity contribution in [3.63, 3.8) is 0 Å². The van der Waals surface area contributed by atoms with E-state index in [0.717, 1.165) is 40.8 Å². The monoisotopic (exact) mass is 469 g/mol. The zero-order valence-electron chi connectivity index (χ0n) is 18.0. The predicted molar refractivity (Wildman–Crippen MR) is 127 cm³/mol. The highest BCUT2D eigenvalue weighted by molar-refractivity contribution is 7.18. The Morgan fingerprint density at radius 3 is 2.56 bits per heavy atom. The van der Waals surface area contributed by atoms with Crippen molar-refractivity contribution < 1.29 is 14.3 Å². The lowest BCUT2D eigenvalue weighted by Gasteiger charge is -2.31. The molecule has 6 nitrogen and oxygen atoms in total. The van der Waals surface area contributed by atoms with Crippen LogP contribution in [0.5, 0.6) is 5.75 Å². The molecule has 8 heteroatoms. The maximum Gasteiger partial charge on any atom is 0.261 e. The van der Waals surface area contributed by atoms with Gasteiger partial charge in [-0.25, -0.2) is 0 Å². The number of ether oxygens (including phenoxy) is 1. The van der Waals surface area contributed by atoms with Crippen LogP contribution in [-0.4, -0.2) is 35.5 Å². The number of amides is 1. The summed E-state index contributed by atoms with van der Waals surface area (Å²) in [6.45, 7) is 4.49. The third kappa shape index (κ3) is 4.69. The number of carbonyl (C=O) groups excluding carboxylic acids is 2. The normalized spacial score (nSPS) is 13.5. The molecule has 1 fully saturated rings. The predicted octanol–water partition coefficient (Wildman–Crippen LogP) is 5.50. The van der Waals surface area contributed by atoms with Gasteiger partial charge in [0.2, 0.25) is 5.13 Å². The van der Waals surface area contributed by atoms with E-state index in [9.17, 15) is 9.59 Å². The summed E-state index contributed by atoms with van der Waals surface area (Å²) in [7, 11) is 0. The van der Waals surface area contributed by atoms with E-state index in [1.165, 1.54) is 17.8 Å². The van der Waals surface area contributed by atoms with Crippen LogP contribution in [0.15, 0.2) is 36.4 Å². The molecule has 2 aromatic carbocycles. The Morgan fingerprint density at radius 1 is 1.22 bits per heavy atom. The Bertz CT molecular complexity index is 1120. The smallest absolute Gasteiger partial charge is 0.261 e. The number of halogens is 1. The van der Waals surface area contributed by atoms with E-state index in [-0.39, 0.29) is 12.5 Å². The second-order valence-corrected chi connectivity index (χ2v) is 9.36. The van der Waals surface area contributed by atoms with E-state index in [0.29, 0.717) is 33.9 Å². The maximum absolute atomic E-state index is 13.4. The number of carbonyl (C=O) groups is 2. The van der Waals surface area contributed by atoms with Gasteiger partial charge >= 0.3 is 0 Å². The average molecular weight is 470 g/mol. The van der Waals surface area contributed by atoms with E-state index in [1.807, 2.05) is 38.1 Å². The van der Waals surface area contributed by atoms with Crippen molar-refractivity contribution in [3.8, 4) is 16.3 Å². The van der Waals surface area contributed by atoms with Gasteiger partial charge in [0, 0.05) is 12.1 Å². The van der Waals surface area contributed by atoms with Gasteiger partial charge in [0.15, 0.2) is 6.29 Å². The van der Waals surface area contributed by atoms with Crippen molar-refractivity contribution in [2.75, 3.05) is 18.1 Å². The molecule has 0 N–H and O–H groups in total. The van der Waals surface area contributed by atoms with Gasteiger partial charge in [-0.1, -0.05) is 41.5 Å². The van der Waals surface area contributed by atoms with Crippen LogP contribution < -0.4 is 9.64 Å². The topological polar surface area (TPSA) is 72.4 Å². The molecule has 0 spiro atoms. The first-order valence-corrected chi connectivity index (χ1v) is 11.8. The zero-order chi connectivity index (χ0) is 22.7. The average Bonchev–Trinajstić information content (AvgIpc) is 3.22. The molecule has 1 aliphatic rings. The number of hydrogen-bond acceptors (Lipinski definition) is 6. The third-order valence-electron chi connectivity index (χ3n) is 5.66. The molecular weight excluding hydrogens is 446 g/mol. The second-order valence-electron chi connectivity index (χ2n) is 8.00. The number of anilines is 1. The number of nitrogens with zero attached hydrogens (tertiary/aromatic N) is 3. The summed E-state index contributed by atoms with van der Waals surface area (Å²) >= 11 is 7.69. The summed E-state index contributed by atoms with van der Waals surface area (Å²) in [4.78, 5) is 25.7. The summed E-state index contributed by atoms with van der Waals surface area (Å²) < 4.78 is 5.54. The van der Waals surface area contributed by atoms with Crippen molar-refractivity contribution >= 4 is 40.3 Å². The molecule has 3 aromatic rings. The molecule has 0 bridgehead atoms. The molecule has 0 aliphatic heterocycles. The highest BCUT2D eigenvalue weighted by Crippen LogP contribution is 2.36. The van der Waals surface area contributed by atoms with Crippen LogP contribution in [0, 0.1) is 19.8 Å². The molecule has 1 aliphatic carbocycles. The molecule has 1 aromatic heterocycles. The minimum Gasteiger partial charge on any atom is -0.486 e. The van der Waals surface area contributed by atoms with Crippen LogP contribution in [0.3, 0.4) is 0 Å². The summed E-state index contributed by atoms with van der Waals surface area (Å²) in [5, 5.41) is 10.5. The number of hydrogen-bond donors (Lipinski definition) is 0. The van der Waals surface area contributed by atoms with Crippen molar-refractivity contribution in [2.24, 2.45) is 5.92 Å². The molecular formula is C24H24ClN3O3S. The van der Waals surface area contributed by atoms with E-state index in [2.05, 4.69) is 10.2 Å². The number of rotatable bonds is 8. The minimum atomic E-state index is -0.157. The largest absolute Gasteiger partial charge is 0.486 e. The molecule has 0 atom stereocenters. The van der Waals surface area contributed by atoms with Crippen molar-refractivity contribution in [1.29, 1.82) is 0 Å². The van der Waals surface area contributed by atoms with Crippen molar-refractivity contribution in [2.45, 2.75) is 33.1 Å². The lowest BCUT2D eigenvalue weighted by Crippen LogP contribution is -2.37. The van der Waals surface area contributed by atoms with Crippen LogP contribution in [0.2, 0.25) is 5.02 Å². The minimum absolute atomic E-state index is 0.0181. The highest BCUT2D eigenvalue weighted by Gasteiger charge is 2.29. The standard InChI is InChI=1S/C24H24ClN3O3S/c1-15-12-18(13-16(2)21(15)31-11-10-29)22-26-27-24(32-22)28(14-17-6-5-7-17)23(30)19-8-3-4-9-20(19)25/h3-4,8-10,12-13,17H,5-7,11,14H2,1-2H3. The quantitative estimate of drug-likeness (QED) is 0.407. The summed E-state index contributed by atoms with van der Waals surface area (Å²) in [5.74, 6) is 1.01. The number of aldehydes is 1. The van der Waals surface area contributed by atoms with Gasteiger partial charge in [0.25, 0.3) is 5.91 Å². The third-order valence-corrected chi connectivity index (χ3v) is 6.99. The maximum atomic E-state index is 13.4. The highest BCUT2D eigenvalue weighted by atomic mass is 35.5. The van der Waals surface area contributed by atoms with Gasteiger partial charge in [-0.15, -0.1) is 10.2 Å². The molecule has 1 heterocycles. The first-order chi connectivity index (χ1) is 15.5. The van der Waals surface area contributed by atoms with E-state index >= 15 is 0 Å². The molecule has 1 saturated carbocycles. The Labute approximate surface area is 196 Å². The summed E-state index contributed by atoms with van der Waals surface area (Å²) in [6, 6.07) is 11.0. The van der Waals surface area contributed by atoms with E-state index < -0.39 is 0 Å². The van der Waals surface area contributed by atoms with Crippen LogP contribution in [-0.2, 0) is 4.79 Å². The fourth-order valence-electron chi connectivity index (χ4n) is 3.82. The second kappa shape index (κ2) is 9.79. The molecule has 0 saturated heterocycles. The van der Waals surface area contributed by atoms with Crippen LogP contribution in [0.25, 0.3) is 10.6 Å². The number of aromatic nitrogens is 2. The number of benzene rings is 2. The van der Waals surface area contributed by atoms with Crippen LogP contribution in [0.1, 0.15) is 40.7 Å². The van der Waals surface area contributed by atoms with Gasteiger partial charge in [0.05, 0.1) is 10.6 Å². The zero-order valence-corrected chi connectivity index (χ0v) is 19.6. The van der Waals surface area contributed by atoms with Gasteiger partial charge in [-0.3, -0.25) is 14.5 Å². The Kier molecular flexibility index (Phi) is 6.86. The fourth-order valence-corrected chi connectivity index (χ4v) is 4.88. The van der Waals surface area contributed by atoms with E-state index in [1.54, 1.807) is 17.0 Å². The fraction of sp³-hybridized carbons (Fsp3) is 0.333. The molecule has 32 heavy (non-hydrogen) atoms. The van der Waals surface area contributed by atoms with Crippen LogP contribution in [0.4, 0.5) is 5.13 Å². The van der Waals surface area contributed by atoms with E-state index in [4.69, 9.17) is 16.3 Å². The first kappa shape index (κ1) is 22.4. The lowest BCUT2D eigenvalue weighted by molar-refractivity contribution is -0.109. The van der Waals surface area contributed by atoms with Gasteiger partial charge in [-0.2, -0.15) is 0 Å². The van der Waals surface area contributed by atoms with Crippen molar-refractivity contribution in [1.82, 2.24) is 10.2 Å².